The van der Waals surface area contributed by atoms with Gasteiger partial charge < -0.3 is 12.9 Å². The Hall–Kier alpha value is -1.07. The van der Waals surface area contributed by atoms with E-state index in [0.29, 0.717) is 0 Å². The number of hydrogen-bond acceptors (Lipinski definition) is 2. The fourth-order valence-corrected chi connectivity index (χ4v) is 0.734. The summed E-state index contributed by atoms with van der Waals surface area (Å²) in [5.41, 5.74) is -0.549. The van der Waals surface area contributed by atoms with E-state index in [1.165, 1.54) is 6.92 Å². The van der Waals surface area contributed by atoms with Crippen molar-refractivity contribution >= 4 is 12.4 Å². The molecule has 0 radical (unpaired) electrons. The van der Waals surface area contributed by atoms with Gasteiger partial charge in [0.1, 0.15) is 0 Å². The molecule has 0 amide bonds. The second-order valence-corrected chi connectivity index (χ2v) is 2.20. The summed E-state index contributed by atoms with van der Waals surface area (Å²) in [6.45, 7) is -3.57. The third kappa shape index (κ3) is 1.69. The minimum Gasteiger partial charge on any atom is -0.445 e. The van der Waals surface area contributed by atoms with Crippen LogP contribution in [-0.2, 0) is 0 Å². The topological polar surface area (TPSA) is 25.8 Å². The largest absolute Gasteiger partial charge is 0.511 e. The Morgan fingerprint density at radius 1 is 1.18 bits per heavy atom. The number of aryl methyl sites for hydroxylation is 1. The first kappa shape index (κ1) is 8.04. The predicted molar refractivity (Wildman–Crippen MR) is 35.5 cm³/mol. The minimum absolute atomic E-state index is 0.118. The van der Waals surface area contributed by atoms with Gasteiger partial charge in [0, 0.05) is 12.4 Å². The van der Waals surface area contributed by atoms with Gasteiger partial charge in [0.15, 0.2) is 0 Å². The quantitative estimate of drug-likeness (QED) is 0.570. The van der Waals surface area contributed by atoms with Gasteiger partial charge in [0.05, 0.1) is 0 Å². The Balaban J connectivity index is 3.14. The molecule has 0 aliphatic carbocycles. The highest BCUT2D eigenvalue weighted by Crippen LogP contribution is 2.09. The zero-order chi connectivity index (χ0) is 8.48. The molecule has 0 atom stereocenters. The van der Waals surface area contributed by atoms with Crippen molar-refractivity contribution in [2.24, 2.45) is 0 Å². The SMILES string of the molecule is Cc1cnncc1[B-](F)(F)F. The molecule has 0 aliphatic heterocycles. The number of hydrogen-bond donors (Lipinski definition) is 0. The smallest absolute Gasteiger partial charge is 0.445 e. The monoisotopic (exact) mass is 161 g/mol. The Labute approximate surface area is 61.5 Å². The molecule has 0 saturated heterocycles. The second-order valence-electron chi connectivity index (χ2n) is 2.20. The highest BCUT2D eigenvalue weighted by molar-refractivity contribution is 6.73. The highest BCUT2D eigenvalue weighted by Gasteiger charge is 2.27. The van der Waals surface area contributed by atoms with Gasteiger partial charge in [0.25, 0.3) is 0 Å². The van der Waals surface area contributed by atoms with Crippen molar-refractivity contribution in [3.05, 3.63) is 18.0 Å². The van der Waals surface area contributed by atoms with Crippen LogP contribution in [0.2, 0.25) is 0 Å². The van der Waals surface area contributed by atoms with Crippen LogP contribution in [0.3, 0.4) is 0 Å². The molecule has 60 valence electrons. The zero-order valence-electron chi connectivity index (χ0n) is 5.76. The van der Waals surface area contributed by atoms with Crippen LogP contribution in [0.4, 0.5) is 12.9 Å². The van der Waals surface area contributed by atoms with Crippen LogP contribution in [0.25, 0.3) is 0 Å². The number of aromatic nitrogens is 2. The van der Waals surface area contributed by atoms with E-state index in [2.05, 4.69) is 10.2 Å². The second kappa shape index (κ2) is 2.52. The Morgan fingerprint density at radius 3 is 2.09 bits per heavy atom. The lowest BCUT2D eigenvalue weighted by Crippen LogP contribution is -2.36. The summed E-state index contributed by atoms with van der Waals surface area (Å²) in [6.07, 6.45) is 1.85. The first-order chi connectivity index (χ1) is 5.02. The molecular formula is C5H5BF3N2-. The van der Waals surface area contributed by atoms with Crippen molar-refractivity contribution in [2.45, 2.75) is 6.92 Å². The van der Waals surface area contributed by atoms with Gasteiger partial charge in [-0.15, -0.1) is 0 Å². The number of rotatable bonds is 1. The summed E-state index contributed by atoms with van der Waals surface area (Å²) in [6, 6.07) is 0. The minimum atomic E-state index is -4.93. The molecule has 0 saturated carbocycles. The first-order valence-corrected chi connectivity index (χ1v) is 2.99. The Morgan fingerprint density at radius 2 is 1.73 bits per heavy atom. The predicted octanol–water partition coefficient (Wildman–Crippen LogP) is 0.839. The van der Waals surface area contributed by atoms with E-state index < -0.39 is 12.4 Å². The third-order valence-electron chi connectivity index (χ3n) is 1.32. The van der Waals surface area contributed by atoms with E-state index in [0.717, 1.165) is 12.4 Å². The molecule has 0 fully saturated rings. The van der Waals surface area contributed by atoms with Crippen molar-refractivity contribution in [3.8, 4) is 0 Å². The molecule has 1 heterocycles. The lowest BCUT2D eigenvalue weighted by atomic mass is 9.79. The van der Waals surface area contributed by atoms with E-state index >= 15 is 0 Å². The molecule has 2 nitrogen and oxygen atoms in total. The average Bonchev–Trinajstić information content (AvgIpc) is 1.86. The molecule has 0 bridgehead atoms. The summed E-state index contributed by atoms with van der Waals surface area (Å²) in [5, 5.41) is 6.48. The van der Waals surface area contributed by atoms with Crippen molar-refractivity contribution in [2.75, 3.05) is 0 Å². The van der Waals surface area contributed by atoms with Crippen molar-refractivity contribution in [3.63, 3.8) is 0 Å². The Bertz CT molecular complexity index is 260. The van der Waals surface area contributed by atoms with Crippen LogP contribution < -0.4 is 5.46 Å². The van der Waals surface area contributed by atoms with Gasteiger partial charge in [0.2, 0.25) is 0 Å². The molecule has 1 aromatic heterocycles. The third-order valence-corrected chi connectivity index (χ3v) is 1.32. The van der Waals surface area contributed by atoms with Crippen LogP contribution in [0.1, 0.15) is 5.56 Å². The fourth-order valence-electron chi connectivity index (χ4n) is 0.734. The fraction of sp³-hybridized carbons (Fsp3) is 0.200. The Kier molecular flexibility index (Phi) is 1.84. The number of halogens is 3. The van der Waals surface area contributed by atoms with Crippen molar-refractivity contribution in [1.82, 2.24) is 10.2 Å². The summed E-state index contributed by atoms with van der Waals surface area (Å²) in [5.74, 6) is 0. The van der Waals surface area contributed by atoms with Crippen LogP contribution in [0.5, 0.6) is 0 Å². The molecule has 1 rings (SSSR count). The van der Waals surface area contributed by atoms with Crippen LogP contribution >= 0.6 is 0 Å². The van der Waals surface area contributed by atoms with Crippen molar-refractivity contribution in [1.29, 1.82) is 0 Å². The van der Waals surface area contributed by atoms with E-state index in [-0.39, 0.29) is 5.56 Å². The van der Waals surface area contributed by atoms with Crippen LogP contribution in [0, 0.1) is 6.92 Å². The average molecular weight is 161 g/mol. The van der Waals surface area contributed by atoms with E-state index in [1.54, 1.807) is 0 Å². The van der Waals surface area contributed by atoms with Crippen LogP contribution in [0.15, 0.2) is 12.4 Å². The van der Waals surface area contributed by atoms with Crippen molar-refractivity contribution < 1.29 is 12.9 Å². The summed E-state index contributed by atoms with van der Waals surface area (Å²) >= 11 is 0. The molecular weight excluding hydrogens is 156 g/mol. The standard InChI is InChI=1S/C5H5BF3N2/c1-4-2-10-11-3-5(4)6(7,8)9/h2-3H,1H3/q-1. The number of nitrogens with zero attached hydrogens (tertiary/aromatic N) is 2. The molecule has 0 aliphatic rings. The lowest BCUT2D eigenvalue weighted by molar-refractivity contribution is 0.500. The molecule has 1 aromatic rings. The molecule has 0 N–H and O–H groups in total. The highest BCUT2D eigenvalue weighted by atomic mass is 19.4. The van der Waals surface area contributed by atoms with Gasteiger partial charge in [-0.3, -0.25) is 0 Å². The molecule has 11 heavy (non-hydrogen) atoms. The van der Waals surface area contributed by atoms with E-state index in [9.17, 15) is 12.9 Å². The molecule has 0 unspecified atom stereocenters. The van der Waals surface area contributed by atoms with Gasteiger partial charge >= 0.3 is 6.98 Å². The molecule has 6 heteroatoms. The first-order valence-electron chi connectivity index (χ1n) is 2.99. The van der Waals surface area contributed by atoms with Gasteiger partial charge in [-0.25, -0.2) is 0 Å². The maximum Gasteiger partial charge on any atom is 0.511 e. The van der Waals surface area contributed by atoms with Crippen LogP contribution in [-0.4, -0.2) is 17.2 Å². The summed E-state index contributed by atoms with van der Waals surface area (Å²) < 4.78 is 36.1. The van der Waals surface area contributed by atoms with Gasteiger partial charge in [-0.05, 0) is 6.92 Å². The maximum absolute atomic E-state index is 12.0. The molecule has 0 aromatic carbocycles. The zero-order valence-corrected chi connectivity index (χ0v) is 5.76. The lowest BCUT2D eigenvalue weighted by Gasteiger charge is -2.15. The van der Waals surface area contributed by atoms with Gasteiger partial charge in [-0.2, -0.15) is 10.2 Å². The molecule has 0 spiro atoms. The van der Waals surface area contributed by atoms with E-state index in [1.807, 2.05) is 0 Å². The van der Waals surface area contributed by atoms with E-state index in [4.69, 9.17) is 0 Å². The maximum atomic E-state index is 12.0. The summed E-state index contributed by atoms with van der Waals surface area (Å²) in [7, 11) is 0. The van der Waals surface area contributed by atoms with Gasteiger partial charge in [-0.1, -0.05) is 11.0 Å². The summed E-state index contributed by atoms with van der Waals surface area (Å²) in [4.78, 5) is 0. The normalized spacial score (nSPS) is 11.6.